The highest BCUT2D eigenvalue weighted by molar-refractivity contribution is 7.16. The highest BCUT2D eigenvalue weighted by Gasteiger charge is 2.30. The van der Waals surface area contributed by atoms with Gasteiger partial charge >= 0.3 is 0 Å². The molecule has 1 aromatic carbocycles. The summed E-state index contributed by atoms with van der Waals surface area (Å²) in [6.45, 7) is 5.35. The second-order valence-electron chi connectivity index (χ2n) is 6.08. The third kappa shape index (κ3) is 3.91. The van der Waals surface area contributed by atoms with Gasteiger partial charge in [0, 0.05) is 26.0 Å². The van der Waals surface area contributed by atoms with E-state index in [0.29, 0.717) is 24.6 Å². The van der Waals surface area contributed by atoms with Crippen LogP contribution < -0.4 is 4.80 Å². The third-order valence-corrected chi connectivity index (χ3v) is 5.21. The molecule has 1 aromatic heterocycles. The summed E-state index contributed by atoms with van der Waals surface area (Å²) in [6, 6.07) is 6.07. The minimum Gasteiger partial charge on any atom is -0.380 e. The molecule has 2 heterocycles. The van der Waals surface area contributed by atoms with Crippen LogP contribution in [-0.4, -0.2) is 46.9 Å². The maximum absolute atomic E-state index is 12.3. The molecule has 0 unspecified atom stereocenters. The van der Waals surface area contributed by atoms with Crippen molar-refractivity contribution in [2.75, 3.05) is 19.8 Å². The first-order valence-electron chi connectivity index (χ1n) is 8.58. The highest BCUT2D eigenvalue weighted by atomic mass is 32.1. The van der Waals surface area contributed by atoms with Crippen LogP contribution in [0, 0.1) is 6.92 Å². The van der Waals surface area contributed by atoms with Gasteiger partial charge in [-0.15, -0.1) is 0 Å². The number of carbonyl (C=O) groups is 3. The number of ether oxygens (including phenoxy) is 1. The molecule has 0 spiro atoms. The van der Waals surface area contributed by atoms with Gasteiger partial charge in [-0.25, -0.2) is 0 Å². The maximum Gasteiger partial charge on any atom is 0.268 e. The van der Waals surface area contributed by atoms with Gasteiger partial charge in [-0.05, 0) is 31.5 Å². The lowest BCUT2D eigenvalue weighted by atomic mass is 10.2. The average Bonchev–Trinajstić information content (AvgIpc) is 3.09. The van der Waals surface area contributed by atoms with Crippen molar-refractivity contribution < 1.29 is 19.1 Å². The van der Waals surface area contributed by atoms with Crippen molar-refractivity contribution in [3.05, 3.63) is 28.6 Å². The van der Waals surface area contributed by atoms with Gasteiger partial charge in [0.15, 0.2) is 4.80 Å². The number of benzene rings is 1. The summed E-state index contributed by atoms with van der Waals surface area (Å²) >= 11 is 1.42. The summed E-state index contributed by atoms with van der Waals surface area (Å²) in [5.41, 5.74) is 2.11. The Bertz CT molecular complexity index is 912. The molecule has 1 aliphatic rings. The minimum absolute atomic E-state index is 0.169. The van der Waals surface area contributed by atoms with Gasteiger partial charge in [-0.1, -0.05) is 17.4 Å². The number of thiazole rings is 1. The number of rotatable bonds is 6. The molecule has 0 atom stereocenters. The van der Waals surface area contributed by atoms with E-state index in [2.05, 4.69) is 4.99 Å². The molecule has 0 bridgehead atoms. The van der Waals surface area contributed by atoms with E-state index in [4.69, 9.17) is 4.74 Å². The first kappa shape index (κ1) is 18.5. The van der Waals surface area contributed by atoms with Crippen LogP contribution in [-0.2, 0) is 25.7 Å². The van der Waals surface area contributed by atoms with E-state index >= 15 is 0 Å². The molecule has 0 saturated carbocycles. The van der Waals surface area contributed by atoms with Gasteiger partial charge < -0.3 is 9.30 Å². The largest absolute Gasteiger partial charge is 0.380 e. The summed E-state index contributed by atoms with van der Waals surface area (Å²) in [4.78, 5) is 41.4. The Labute approximate surface area is 154 Å². The van der Waals surface area contributed by atoms with Crippen molar-refractivity contribution in [2.24, 2.45) is 4.99 Å². The minimum atomic E-state index is -0.498. The van der Waals surface area contributed by atoms with Crippen molar-refractivity contribution in [1.82, 2.24) is 9.47 Å². The van der Waals surface area contributed by atoms with E-state index in [1.807, 2.05) is 36.6 Å². The predicted molar refractivity (Wildman–Crippen MR) is 97.6 cm³/mol. The van der Waals surface area contributed by atoms with E-state index in [9.17, 15) is 14.4 Å². The van der Waals surface area contributed by atoms with Crippen molar-refractivity contribution in [3.8, 4) is 0 Å². The summed E-state index contributed by atoms with van der Waals surface area (Å²) < 4.78 is 8.41. The number of fused-ring (bicyclic) bond motifs is 1. The van der Waals surface area contributed by atoms with Crippen molar-refractivity contribution in [1.29, 1.82) is 0 Å². The number of hydrogen-bond acceptors (Lipinski definition) is 5. The molecule has 26 heavy (non-hydrogen) atoms. The summed E-state index contributed by atoms with van der Waals surface area (Å²) in [6.07, 6.45) is 0.339. The van der Waals surface area contributed by atoms with Gasteiger partial charge in [0.1, 0.15) is 6.54 Å². The number of hydrogen-bond donors (Lipinski definition) is 0. The zero-order valence-corrected chi connectivity index (χ0v) is 15.7. The number of nitrogens with zero attached hydrogens (tertiary/aromatic N) is 3. The molecule has 3 rings (SSSR count). The number of carbonyl (C=O) groups excluding carboxylic acids is 3. The van der Waals surface area contributed by atoms with Gasteiger partial charge in [-0.3, -0.25) is 19.3 Å². The van der Waals surface area contributed by atoms with Gasteiger partial charge in [0.05, 0.1) is 16.8 Å². The summed E-state index contributed by atoms with van der Waals surface area (Å²) in [5.74, 6) is -1.12. The summed E-state index contributed by atoms with van der Waals surface area (Å²) in [5, 5.41) is 0. The zero-order chi connectivity index (χ0) is 18.7. The Kier molecular flexibility index (Phi) is 5.63. The molecule has 1 saturated heterocycles. The molecular weight excluding hydrogens is 354 g/mol. The fourth-order valence-electron chi connectivity index (χ4n) is 2.86. The van der Waals surface area contributed by atoms with E-state index < -0.39 is 5.91 Å². The lowest BCUT2D eigenvalue weighted by Gasteiger charge is -2.10. The first-order valence-corrected chi connectivity index (χ1v) is 9.39. The fourth-order valence-corrected chi connectivity index (χ4v) is 4.03. The second kappa shape index (κ2) is 7.92. The van der Waals surface area contributed by atoms with Crippen LogP contribution in [0.4, 0.5) is 0 Å². The number of imide groups is 1. The molecular formula is C18H21N3O4S. The maximum atomic E-state index is 12.3. The first-order chi connectivity index (χ1) is 12.5. The molecule has 1 fully saturated rings. The molecule has 1 aliphatic heterocycles. The second-order valence-corrected chi connectivity index (χ2v) is 7.09. The Morgan fingerprint density at radius 2 is 2.00 bits per heavy atom. The Hall–Kier alpha value is -2.32. The van der Waals surface area contributed by atoms with Crippen LogP contribution >= 0.6 is 11.3 Å². The zero-order valence-electron chi connectivity index (χ0n) is 14.9. The van der Waals surface area contributed by atoms with Crippen molar-refractivity contribution >= 4 is 39.3 Å². The normalized spacial score (nSPS) is 15.5. The van der Waals surface area contributed by atoms with Gasteiger partial charge in [-0.2, -0.15) is 4.99 Å². The van der Waals surface area contributed by atoms with Crippen LogP contribution in [0.2, 0.25) is 0 Å². The topological polar surface area (TPSA) is 81.0 Å². The Morgan fingerprint density at radius 3 is 2.69 bits per heavy atom. The SMILES string of the molecule is CCOCCn1c(=NC(=O)CN2C(=O)CCC2=O)sc2cc(C)ccc21. The molecule has 8 heteroatoms. The average molecular weight is 375 g/mol. The van der Waals surface area contributed by atoms with E-state index in [-0.39, 0.29) is 31.2 Å². The van der Waals surface area contributed by atoms with Crippen molar-refractivity contribution in [3.63, 3.8) is 0 Å². The third-order valence-electron chi connectivity index (χ3n) is 4.17. The molecule has 0 radical (unpaired) electrons. The lowest BCUT2D eigenvalue weighted by molar-refractivity contribution is -0.141. The van der Waals surface area contributed by atoms with Crippen LogP contribution in [0.5, 0.6) is 0 Å². The number of amides is 3. The highest BCUT2D eigenvalue weighted by Crippen LogP contribution is 2.19. The Morgan fingerprint density at radius 1 is 1.27 bits per heavy atom. The molecule has 0 N–H and O–H groups in total. The van der Waals surface area contributed by atoms with E-state index in [1.165, 1.54) is 11.3 Å². The molecule has 2 aromatic rings. The number of aryl methyl sites for hydroxylation is 1. The quantitative estimate of drug-likeness (QED) is 0.568. The van der Waals surface area contributed by atoms with Gasteiger partial charge in [0.25, 0.3) is 5.91 Å². The molecule has 138 valence electrons. The number of aromatic nitrogens is 1. The Balaban J connectivity index is 1.92. The van der Waals surface area contributed by atoms with Crippen LogP contribution in [0.15, 0.2) is 23.2 Å². The fraction of sp³-hybridized carbons (Fsp3) is 0.444. The number of likely N-dealkylation sites (tertiary alicyclic amines) is 1. The monoisotopic (exact) mass is 375 g/mol. The summed E-state index contributed by atoms with van der Waals surface area (Å²) in [7, 11) is 0. The molecule has 3 amide bonds. The van der Waals surface area contributed by atoms with E-state index in [1.54, 1.807) is 0 Å². The van der Waals surface area contributed by atoms with E-state index in [0.717, 1.165) is 20.7 Å². The van der Waals surface area contributed by atoms with Crippen LogP contribution in [0.3, 0.4) is 0 Å². The molecule has 0 aliphatic carbocycles. The lowest BCUT2D eigenvalue weighted by Crippen LogP contribution is -2.34. The predicted octanol–water partition coefficient (Wildman–Crippen LogP) is 1.62. The standard InChI is InChI=1S/C18H21N3O4S/c1-3-25-9-8-20-13-5-4-12(2)10-14(13)26-18(20)19-15(22)11-21-16(23)6-7-17(21)24/h4-5,10H,3,6-9,11H2,1-2H3. The van der Waals surface area contributed by atoms with Crippen LogP contribution in [0.1, 0.15) is 25.3 Å². The molecule has 7 nitrogen and oxygen atoms in total. The van der Waals surface area contributed by atoms with Crippen molar-refractivity contribution in [2.45, 2.75) is 33.2 Å². The smallest absolute Gasteiger partial charge is 0.268 e. The van der Waals surface area contributed by atoms with Crippen LogP contribution in [0.25, 0.3) is 10.2 Å². The van der Waals surface area contributed by atoms with Gasteiger partial charge in [0.2, 0.25) is 11.8 Å².